The lowest BCUT2D eigenvalue weighted by atomic mass is 9.80. The highest BCUT2D eigenvalue weighted by Gasteiger charge is 2.28. The first-order chi connectivity index (χ1) is 9.65. The van der Waals surface area contributed by atoms with Crippen molar-refractivity contribution < 1.29 is 0 Å². The molecular weight excluding hydrogens is 248 g/mol. The van der Waals surface area contributed by atoms with Gasteiger partial charge in [-0.15, -0.1) is 0 Å². The number of fused-ring (bicyclic) bond motifs is 1. The van der Waals surface area contributed by atoms with Gasteiger partial charge in [0.2, 0.25) is 5.95 Å². The van der Waals surface area contributed by atoms with Crippen molar-refractivity contribution in [2.24, 2.45) is 5.41 Å². The largest absolute Gasteiger partial charge is 0.354 e. The summed E-state index contributed by atoms with van der Waals surface area (Å²) in [5, 5.41) is 4.51. The Morgan fingerprint density at radius 1 is 1.25 bits per heavy atom. The van der Waals surface area contributed by atoms with Crippen molar-refractivity contribution in [3.63, 3.8) is 0 Å². The van der Waals surface area contributed by atoms with Gasteiger partial charge in [0.05, 0.1) is 5.52 Å². The molecule has 1 saturated heterocycles. The Morgan fingerprint density at radius 2 is 2.00 bits per heavy atom. The van der Waals surface area contributed by atoms with Crippen LogP contribution in [0.2, 0.25) is 0 Å². The van der Waals surface area contributed by atoms with E-state index in [9.17, 15) is 0 Å². The Hall–Kier alpha value is -1.68. The van der Waals surface area contributed by atoms with Crippen LogP contribution in [0.1, 0.15) is 19.8 Å². The summed E-state index contributed by atoms with van der Waals surface area (Å²) in [6.45, 7) is 5.65. The van der Waals surface area contributed by atoms with Crippen molar-refractivity contribution in [3.05, 3.63) is 30.5 Å². The SMILES string of the molecule is CN1CCC(C)(CNc2ncc3ccccc3n2)CC1. The predicted molar refractivity (Wildman–Crippen MR) is 82.9 cm³/mol. The molecule has 0 spiro atoms. The van der Waals surface area contributed by atoms with E-state index >= 15 is 0 Å². The number of nitrogens with zero attached hydrogens (tertiary/aromatic N) is 3. The summed E-state index contributed by atoms with van der Waals surface area (Å²) in [4.78, 5) is 11.4. The third kappa shape index (κ3) is 2.90. The monoisotopic (exact) mass is 270 g/mol. The van der Waals surface area contributed by atoms with Gasteiger partial charge < -0.3 is 10.2 Å². The highest BCUT2D eigenvalue weighted by molar-refractivity contribution is 5.78. The van der Waals surface area contributed by atoms with Crippen LogP contribution in [0.25, 0.3) is 10.9 Å². The molecule has 0 atom stereocenters. The Balaban J connectivity index is 1.67. The molecule has 4 heteroatoms. The summed E-state index contributed by atoms with van der Waals surface area (Å²) in [6.07, 6.45) is 4.34. The number of nitrogens with one attached hydrogen (secondary N) is 1. The molecule has 1 aromatic heterocycles. The van der Waals surface area contributed by atoms with Crippen LogP contribution in [0, 0.1) is 5.41 Å². The lowest BCUT2D eigenvalue weighted by Gasteiger charge is -2.37. The second kappa shape index (κ2) is 5.37. The molecule has 3 rings (SSSR count). The zero-order valence-corrected chi connectivity index (χ0v) is 12.3. The maximum absolute atomic E-state index is 4.57. The minimum Gasteiger partial charge on any atom is -0.354 e. The van der Waals surface area contributed by atoms with Crippen LogP contribution in [-0.4, -0.2) is 41.5 Å². The van der Waals surface area contributed by atoms with Crippen LogP contribution in [0.15, 0.2) is 30.5 Å². The molecule has 0 aliphatic carbocycles. The molecule has 1 aliphatic rings. The Bertz CT molecular complexity index is 588. The Labute approximate surface area is 120 Å². The quantitative estimate of drug-likeness (QED) is 0.931. The van der Waals surface area contributed by atoms with Gasteiger partial charge in [-0.05, 0) is 44.5 Å². The fourth-order valence-electron chi connectivity index (χ4n) is 2.68. The highest BCUT2D eigenvalue weighted by atomic mass is 15.1. The van der Waals surface area contributed by atoms with E-state index in [-0.39, 0.29) is 0 Å². The van der Waals surface area contributed by atoms with E-state index in [4.69, 9.17) is 0 Å². The second-order valence-electron chi connectivity index (χ2n) is 6.22. The number of rotatable bonds is 3. The molecule has 4 nitrogen and oxygen atoms in total. The van der Waals surface area contributed by atoms with E-state index in [1.807, 2.05) is 30.5 Å². The molecule has 20 heavy (non-hydrogen) atoms. The van der Waals surface area contributed by atoms with Gasteiger partial charge >= 0.3 is 0 Å². The molecule has 2 heterocycles. The number of para-hydroxylation sites is 1. The van der Waals surface area contributed by atoms with Gasteiger partial charge in [-0.25, -0.2) is 9.97 Å². The number of anilines is 1. The molecule has 1 aliphatic heterocycles. The normalized spacial score (nSPS) is 19.1. The topological polar surface area (TPSA) is 41.0 Å². The van der Waals surface area contributed by atoms with Gasteiger partial charge in [-0.3, -0.25) is 0 Å². The lowest BCUT2D eigenvalue weighted by Crippen LogP contribution is -2.40. The van der Waals surface area contributed by atoms with Crippen molar-refractivity contribution in [1.82, 2.24) is 14.9 Å². The molecule has 106 valence electrons. The van der Waals surface area contributed by atoms with Crippen molar-refractivity contribution in [1.29, 1.82) is 0 Å². The molecule has 2 aromatic rings. The van der Waals surface area contributed by atoms with E-state index in [0.29, 0.717) is 5.41 Å². The molecule has 0 saturated carbocycles. The van der Waals surface area contributed by atoms with Crippen molar-refractivity contribution in [3.8, 4) is 0 Å². The molecular formula is C16H22N4. The fourth-order valence-corrected chi connectivity index (χ4v) is 2.68. The van der Waals surface area contributed by atoms with Crippen molar-refractivity contribution >= 4 is 16.9 Å². The van der Waals surface area contributed by atoms with E-state index in [0.717, 1.165) is 23.4 Å². The number of aromatic nitrogens is 2. The Morgan fingerprint density at radius 3 is 2.80 bits per heavy atom. The molecule has 0 radical (unpaired) electrons. The molecule has 0 unspecified atom stereocenters. The van der Waals surface area contributed by atoms with Gasteiger partial charge in [0.15, 0.2) is 0 Å². The summed E-state index contributed by atoms with van der Waals surface area (Å²) < 4.78 is 0. The maximum Gasteiger partial charge on any atom is 0.223 e. The second-order valence-corrected chi connectivity index (χ2v) is 6.22. The van der Waals surface area contributed by atoms with Gasteiger partial charge in [0, 0.05) is 18.1 Å². The number of hydrogen-bond acceptors (Lipinski definition) is 4. The van der Waals surface area contributed by atoms with E-state index in [1.54, 1.807) is 0 Å². The highest BCUT2D eigenvalue weighted by Crippen LogP contribution is 2.30. The third-order valence-electron chi connectivity index (χ3n) is 4.36. The molecule has 0 amide bonds. The van der Waals surface area contributed by atoms with Gasteiger partial charge in [-0.1, -0.05) is 25.1 Å². The molecule has 1 fully saturated rings. The van der Waals surface area contributed by atoms with Crippen LogP contribution >= 0.6 is 0 Å². The maximum atomic E-state index is 4.57. The number of benzene rings is 1. The molecule has 0 bridgehead atoms. The van der Waals surface area contributed by atoms with Crippen molar-refractivity contribution in [2.45, 2.75) is 19.8 Å². The number of likely N-dealkylation sites (tertiary alicyclic amines) is 1. The Kier molecular flexibility index (Phi) is 3.57. The van der Waals surface area contributed by atoms with Crippen LogP contribution in [-0.2, 0) is 0 Å². The van der Waals surface area contributed by atoms with Crippen LogP contribution in [0.3, 0.4) is 0 Å². The van der Waals surface area contributed by atoms with E-state index in [1.165, 1.54) is 25.9 Å². The molecule has 1 aromatic carbocycles. The summed E-state index contributed by atoms with van der Waals surface area (Å²) in [7, 11) is 2.19. The standard InChI is InChI=1S/C16H22N4/c1-16(7-9-20(2)10-8-16)12-18-15-17-11-13-5-3-4-6-14(13)19-15/h3-6,11H,7-10,12H2,1-2H3,(H,17,18,19). The summed E-state index contributed by atoms with van der Waals surface area (Å²) in [5.74, 6) is 0.740. The van der Waals surface area contributed by atoms with Crippen LogP contribution in [0.5, 0.6) is 0 Å². The van der Waals surface area contributed by atoms with Gasteiger partial charge in [-0.2, -0.15) is 0 Å². The minimum absolute atomic E-state index is 0.349. The number of piperidine rings is 1. The van der Waals surface area contributed by atoms with Crippen molar-refractivity contribution in [2.75, 3.05) is 32.0 Å². The van der Waals surface area contributed by atoms with Crippen LogP contribution < -0.4 is 5.32 Å². The number of hydrogen-bond donors (Lipinski definition) is 1. The van der Waals surface area contributed by atoms with E-state index in [2.05, 4.69) is 34.2 Å². The average molecular weight is 270 g/mol. The van der Waals surface area contributed by atoms with Gasteiger partial charge in [0.25, 0.3) is 0 Å². The lowest BCUT2D eigenvalue weighted by molar-refractivity contribution is 0.150. The predicted octanol–water partition coefficient (Wildman–Crippen LogP) is 2.77. The smallest absolute Gasteiger partial charge is 0.223 e. The average Bonchev–Trinajstić information content (AvgIpc) is 2.48. The first-order valence-electron chi connectivity index (χ1n) is 7.29. The fraction of sp³-hybridized carbons (Fsp3) is 0.500. The minimum atomic E-state index is 0.349. The third-order valence-corrected chi connectivity index (χ3v) is 4.36. The summed E-state index contributed by atoms with van der Waals surface area (Å²) in [6, 6.07) is 8.09. The van der Waals surface area contributed by atoms with Gasteiger partial charge in [0.1, 0.15) is 0 Å². The van der Waals surface area contributed by atoms with E-state index < -0.39 is 0 Å². The first kappa shape index (κ1) is 13.3. The zero-order valence-electron chi connectivity index (χ0n) is 12.3. The summed E-state index contributed by atoms with van der Waals surface area (Å²) in [5.41, 5.74) is 1.35. The van der Waals surface area contributed by atoms with Crippen LogP contribution in [0.4, 0.5) is 5.95 Å². The summed E-state index contributed by atoms with van der Waals surface area (Å²) >= 11 is 0. The first-order valence-corrected chi connectivity index (χ1v) is 7.29. The molecule has 1 N–H and O–H groups in total. The zero-order chi connectivity index (χ0) is 14.0.